The molecular formula is C36H44ClN10O2P. The van der Waals surface area contributed by atoms with Gasteiger partial charge in [-0.1, -0.05) is 18.5 Å². The van der Waals surface area contributed by atoms with E-state index in [0.29, 0.717) is 61.5 Å². The molecule has 0 saturated carbocycles. The summed E-state index contributed by atoms with van der Waals surface area (Å²) >= 11 is 6.94. The molecule has 12 nitrogen and oxygen atoms in total. The van der Waals surface area contributed by atoms with Crippen LogP contribution in [0.2, 0.25) is 5.02 Å². The van der Waals surface area contributed by atoms with Crippen LogP contribution in [0.3, 0.4) is 0 Å². The molecule has 14 heteroatoms. The number of benzene rings is 2. The lowest BCUT2D eigenvalue weighted by Crippen LogP contribution is -2.52. The van der Waals surface area contributed by atoms with Crippen molar-refractivity contribution in [3.8, 4) is 5.75 Å². The lowest BCUT2D eigenvalue weighted by atomic mass is 9.99. The van der Waals surface area contributed by atoms with E-state index in [0.717, 1.165) is 64.2 Å². The third kappa shape index (κ3) is 6.82. The number of aromatic nitrogens is 5. The van der Waals surface area contributed by atoms with Crippen molar-refractivity contribution in [2.24, 2.45) is 0 Å². The number of anilines is 5. The summed E-state index contributed by atoms with van der Waals surface area (Å²) in [6.45, 7) is 12.2. The zero-order valence-electron chi connectivity index (χ0n) is 29.3. The number of ether oxygens (including phenoxy) is 1. The van der Waals surface area contributed by atoms with E-state index in [9.17, 15) is 4.57 Å². The van der Waals surface area contributed by atoms with Crippen molar-refractivity contribution >= 4 is 74.8 Å². The Labute approximate surface area is 298 Å². The molecule has 0 unspecified atom stereocenters. The minimum Gasteiger partial charge on any atom is -0.494 e. The van der Waals surface area contributed by atoms with Gasteiger partial charge in [0, 0.05) is 81.9 Å². The largest absolute Gasteiger partial charge is 0.494 e. The molecule has 7 rings (SSSR count). The Morgan fingerprint density at radius 2 is 1.52 bits per heavy atom. The SMILES string of the molecule is CCc1cc(Nc2nc(Nc3ccc4nccnc4c3P(C)(C)=O)c(Cl)c3nccnc23)c(OC)cc1N1CCC(N2CCN(C)CC2)CC1. The van der Waals surface area contributed by atoms with Crippen molar-refractivity contribution < 1.29 is 9.30 Å². The normalized spacial score (nSPS) is 16.6. The van der Waals surface area contributed by atoms with Crippen LogP contribution in [0.15, 0.2) is 49.1 Å². The quantitative estimate of drug-likeness (QED) is 0.170. The minimum atomic E-state index is -2.82. The summed E-state index contributed by atoms with van der Waals surface area (Å²) in [5.74, 6) is 1.50. The first-order valence-electron chi connectivity index (χ1n) is 17.2. The van der Waals surface area contributed by atoms with Crippen LogP contribution >= 0.6 is 18.7 Å². The zero-order chi connectivity index (χ0) is 35.0. The van der Waals surface area contributed by atoms with E-state index >= 15 is 0 Å². The average molecular weight is 715 g/mol. The number of nitrogens with one attached hydrogen (secondary N) is 2. The number of hydrogen-bond donors (Lipinski definition) is 2. The van der Waals surface area contributed by atoms with Crippen molar-refractivity contribution in [2.75, 3.05) is 82.3 Å². The van der Waals surface area contributed by atoms with Gasteiger partial charge in [-0.15, -0.1) is 0 Å². The molecule has 50 heavy (non-hydrogen) atoms. The molecular weight excluding hydrogens is 671 g/mol. The first-order valence-corrected chi connectivity index (χ1v) is 20.1. The summed E-state index contributed by atoms with van der Waals surface area (Å²) in [5, 5.41) is 7.74. The molecule has 5 aromatic rings. The highest BCUT2D eigenvalue weighted by Gasteiger charge is 2.29. The van der Waals surface area contributed by atoms with Gasteiger partial charge < -0.3 is 29.7 Å². The van der Waals surface area contributed by atoms with Gasteiger partial charge in [0.15, 0.2) is 11.6 Å². The molecule has 5 heterocycles. The number of nitrogens with zero attached hydrogens (tertiary/aromatic N) is 8. The zero-order valence-corrected chi connectivity index (χ0v) is 30.9. The highest BCUT2D eigenvalue weighted by molar-refractivity contribution is 7.71. The molecule has 2 aliphatic rings. The number of piperidine rings is 1. The fourth-order valence-corrected chi connectivity index (χ4v) is 8.83. The van der Waals surface area contributed by atoms with Gasteiger partial charge in [0.2, 0.25) is 0 Å². The average Bonchev–Trinajstić information content (AvgIpc) is 3.13. The topological polar surface area (TPSA) is 125 Å². The van der Waals surface area contributed by atoms with Gasteiger partial charge in [-0.2, -0.15) is 0 Å². The van der Waals surface area contributed by atoms with Crippen molar-refractivity contribution in [2.45, 2.75) is 32.2 Å². The lowest BCUT2D eigenvalue weighted by Gasteiger charge is -2.43. The highest BCUT2D eigenvalue weighted by Crippen LogP contribution is 2.43. The van der Waals surface area contributed by atoms with Crippen LogP contribution in [0.4, 0.5) is 28.7 Å². The lowest BCUT2D eigenvalue weighted by molar-refractivity contribution is 0.0982. The van der Waals surface area contributed by atoms with Crippen molar-refractivity contribution in [3.63, 3.8) is 0 Å². The number of pyridine rings is 1. The van der Waals surface area contributed by atoms with Gasteiger partial charge >= 0.3 is 0 Å². The number of methoxy groups -OCH3 is 1. The van der Waals surface area contributed by atoms with E-state index in [4.69, 9.17) is 21.3 Å². The molecule has 3 aromatic heterocycles. The Bertz CT molecular complexity index is 2080. The number of fused-ring (bicyclic) bond motifs is 2. The fourth-order valence-electron chi connectivity index (χ4n) is 7.21. The fraction of sp³-hybridized carbons (Fsp3) is 0.417. The van der Waals surface area contributed by atoms with Crippen LogP contribution in [0.1, 0.15) is 25.3 Å². The van der Waals surface area contributed by atoms with Crippen LogP contribution in [-0.2, 0) is 11.0 Å². The number of likely N-dealkylation sites (N-methyl/N-ethyl adjacent to an activating group) is 1. The van der Waals surface area contributed by atoms with Crippen molar-refractivity contribution in [3.05, 3.63) is 59.6 Å². The maximum absolute atomic E-state index is 13.6. The number of rotatable bonds is 9. The Morgan fingerprint density at radius 1 is 0.860 bits per heavy atom. The smallest absolute Gasteiger partial charge is 0.161 e. The predicted molar refractivity (Wildman–Crippen MR) is 204 cm³/mol. The molecule has 262 valence electrons. The van der Waals surface area contributed by atoms with Crippen LogP contribution in [-0.4, -0.2) is 108 Å². The minimum absolute atomic E-state index is 0.294. The molecule has 0 radical (unpaired) electrons. The second-order valence-electron chi connectivity index (χ2n) is 13.5. The van der Waals surface area contributed by atoms with E-state index in [-0.39, 0.29) is 0 Å². The third-order valence-electron chi connectivity index (χ3n) is 9.86. The molecule has 0 atom stereocenters. The maximum atomic E-state index is 13.6. The van der Waals surface area contributed by atoms with Crippen molar-refractivity contribution in [1.82, 2.24) is 34.7 Å². The van der Waals surface area contributed by atoms with E-state index in [1.807, 2.05) is 12.1 Å². The number of aryl methyl sites for hydroxylation is 1. The number of halogens is 1. The van der Waals surface area contributed by atoms with E-state index in [1.165, 1.54) is 11.3 Å². The summed E-state index contributed by atoms with van der Waals surface area (Å²) in [7, 11) is 1.08. The monoisotopic (exact) mass is 714 g/mol. The summed E-state index contributed by atoms with van der Waals surface area (Å²) < 4.78 is 19.6. The van der Waals surface area contributed by atoms with Crippen LogP contribution in [0.5, 0.6) is 5.75 Å². The van der Waals surface area contributed by atoms with Gasteiger partial charge in [0.05, 0.1) is 29.3 Å². The van der Waals surface area contributed by atoms with Gasteiger partial charge in [-0.25, -0.2) is 9.97 Å². The number of hydrogen-bond acceptors (Lipinski definition) is 12. The van der Waals surface area contributed by atoms with Crippen LogP contribution in [0, 0.1) is 0 Å². The summed E-state index contributed by atoms with van der Waals surface area (Å²) in [6.07, 6.45) is 9.60. The van der Waals surface area contributed by atoms with Gasteiger partial charge in [-0.3, -0.25) is 19.9 Å². The summed E-state index contributed by atoms with van der Waals surface area (Å²) in [5.41, 5.74) is 5.99. The standard InChI is InChI=1S/C36H44ClN10O2P/c1-6-23-21-27(29(49-3)22-28(23)47-15-9-24(10-16-47)46-19-17-45(2)18-20-46)43-36-33-32(40-13-14-41-33)30(37)35(44-36)42-26-8-7-25-31(39-12-11-38-25)34(26)50(4,5)48/h7-8,11-14,21-22,24H,6,9-10,15-20H2,1-5H3,(H2,42,43,44). The van der Waals surface area contributed by atoms with E-state index in [1.54, 1.807) is 45.2 Å². The van der Waals surface area contributed by atoms with E-state index < -0.39 is 7.14 Å². The molecule has 2 N–H and O–H groups in total. The summed E-state index contributed by atoms with van der Waals surface area (Å²) in [6, 6.07) is 8.60. The third-order valence-corrected chi connectivity index (χ3v) is 11.7. The molecule has 2 aromatic carbocycles. The maximum Gasteiger partial charge on any atom is 0.161 e. The van der Waals surface area contributed by atoms with Crippen LogP contribution in [0.25, 0.3) is 22.1 Å². The Morgan fingerprint density at radius 3 is 2.20 bits per heavy atom. The second-order valence-corrected chi connectivity index (χ2v) is 17.0. The number of piperazine rings is 1. The first kappa shape index (κ1) is 34.4. The predicted octanol–water partition coefficient (Wildman–Crippen LogP) is 6.14. The van der Waals surface area contributed by atoms with Gasteiger partial charge in [-0.05, 0) is 63.4 Å². The molecule has 0 spiro atoms. The van der Waals surface area contributed by atoms with Crippen molar-refractivity contribution in [1.29, 1.82) is 0 Å². The first-order chi connectivity index (χ1) is 24.1. The van der Waals surface area contributed by atoms with Gasteiger partial charge in [0.1, 0.15) is 34.5 Å². The van der Waals surface area contributed by atoms with E-state index in [2.05, 4.69) is 71.4 Å². The molecule has 2 aliphatic heterocycles. The Kier molecular flexibility index (Phi) is 9.80. The molecule has 2 fully saturated rings. The molecule has 0 aliphatic carbocycles. The Hall–Kier alpha value is -4.09. The van der Waals surface area contributed by atoms with Gasteiger partial charge in [0.25, 0.3) is 0 Å². The molecule has 2 saturated heterocycles. The molecule has 0 bridgehead atoms. The highest BCUT2D eigenvalue weighted by atomic mass is 35.5. The Balaban J connectivity index is 1.21. The van der Waals surface area contributed by atoms with Crippen LogP contribution < -0.4 is 25.6 Å². The second kappa shape index (κ2) is 14.3. The molecule has 0 amide bonds. The summed E-state index contributed by atoms with van der Waals surface area (Å²) in [4.78, 5) is 30.6.